The predicted octanol–water partition coefficient (Wildman–Crippen LogP) is 1.96. The Morgan fingerprint density at radius 1 is 1.67 bits per heavy atom. The van der Waals surface area contributed by atoms with E-state index < -0.39 is 0 Å². The van der Waals surface area contributed by atoms with Crippen LogP contribution in [0.4, 0.5) is 0 Å². The van der Waals surface area contributed by atoms with E-state index >= 15 is 0 Å². The number of carbonyl (C=O) groups is 1. The highest BCUT2D eigenvalue weighted by Gasteiger charge is 2.19. The second-order valence-corrected chi connectivity index (χ2v) is 5.14. The number of hydrogen-bond acceptors (Lipinski definition) is 4. The molecule has 82 valence electrons. The van der Waals surface area contributed by atoms with Crippen LogP contribution in [0.15, 0.2) is 12.1 Å². The highest BCUT2D eigenvalue weighted by atomic mass is 35.5. The zero-order valence-corrected chi connectivity index (χ0v) is 9.74. The van der Waals surface area contributed by atoms with E-state index in [2.05, 4.69) is 5.32 Å². The van der Waals surface area contributed by atoms with Crippen molar-refractivity contribution in [2.24, 2.45) is 0 Å². The lowest BCUT2D eigenvalue weighted by atomic mass is 10.1. The molecule has 0 amide bonds. The quantitative estimate of drug-likeness (QED) is 0.828. The first-order chi connectivity index (χ1) is 7.25. The van der Waals surface area contributed by atoms with Gasteiger partial charge in [0.15, 0.2) is 5.78 Å². The second-order valence-electron chi connectivity index (χ2n) is 3.43. The van der Waals surface area contributed by atoms with Crippen molar-refractivity contribution in [3.8, 4) is 0 Å². The van der Waals surface area contributed by atoms with E-state index in [-0.39, 0.29) is 11.9 Å². The maximum absolute atomic E-state index is 11.8. The molecule has 0 radical (unpaired) electrons. The van der Waals surface area contributed by atoms with E-state index in [1.807, 2.05) is 0 Å². The molecule has 0 aromatic carbocycles. The molecule has 2 rings (SSSR count). The summed E-state index contributed by atoms with van der Waals surface area (Å²) >= 11 is 7.09. The van der Waals surface area contributed by atoms with Gasteiger partial charge < -0.3 is 10.1 Å². The Balaban J connectivity index is 1.91. The molecule has 0 aliphatic carbocycles. The van der Waals surface area contributed by atoms with Crippen molar-refractivity contribution in [3.63, 3.8) is 0 Å². The number of halogens is 1. The fourth-order valence-electron chi connectivity index (χ4n) is 1.52. The van der Waals surface area contributed by atoms with Crippen molar-refractivity contribution in [1.29, 1.82) is 0 Å². The van der Waals surface area contributed by atoms with Gasteiger partial charge in [0.2, 0.25) is 0 Å². The Labute approximate surface area is 97.4 Å². The number of hydrogen-bond donors (Lipinski definition) is 1. The van der Waals surface area contributed by atoms with E-state index in [1.165, 1.54) is 11.3 Å². The van der Waals surface area contributed by atoms with E-state index in [9.17, 15) is 4.79 Å². The third-order valence-electron chi connectivity index (χ3n) is 2.27. The van der Waals surface area contributed by atoms with Crippen molar-refractivity contribution in [1.82, 2.24) is 5.32 Å². The number of nitrogens with one attached hydrogen (secondary N) is 1. The smallest absolute Gasteiger partial charge is 0.175 e. The van der Waals surface area contributed by atoms with Crippen LogP contribution >= 0.6 is 22.9 Å². The molecule has 2 heterocycles. The number of Topliss-reactive ketones (excluding diaryl/α,β-unsaturated/α-hetero) is 1. The van der Waals surface area contributed by atoms with Crippen LogP contribution in [0.25, 0.3) is 0 Å². The van der Waals surface area contributed by atoms with Crippen molar-refractivity contribution in [2.75, 3.05) is 19.7 Å². The molecular weight excluding hydrogens is 234 g/mol. The lowest BCUT2D eigenvalue weighted by Gasteiger charge is -2.22. The standard InChI is InChI=1S/C10H12ClNO2S/c11-10-2-1-9(15-10)8(13)5-7-6-12-3-4-14-7/h1-2,7,12H,3-6H2. The van der Waals surface area contributed by atoms with E-state index in [0.717, 1.165) is 13.1 Å². The van der Waals surface area contributed by atoms with E-state index in [1.54, 1.807) is 12.1 Å². The molecule has 1 fully saturated rings. The fraction of sp³-hybridized carbons (Fsp3) is 0.500. The Kier molecular flexibility index (Phi) is 3.75. The van der Waals surface area contributed by atoms with Crippen molar-refractivity contribution < 1.29 is 9.53 Å². The highest BCUT2D eigenvalue weighted by Crippen LogP contribution is 2.23. The van der Waals surface area contributed by atoms with Gasteiger partial charge >= 0.3 is 0 Å². The molecule has 1 unspecified atom stereocenters. The van der Waals surface area contributed by atoms with Crippen LogP contribution in [-0.2, 0) is 4.74 Å². The molecule has 1 N–H and O–H groups in total. The molecule has 1 aliphatic heterocycles. The summed E-state index contributed by atoms with van der Waals surface area (Å²) in [4.78, 5) is 12.5. The van der Waals surface area contributed by atoms with Gasteiger partial charge in [0.25, 0.3) is 0 Å². The molecule has 0 spiro atoms. The Hall–Kier alpha value is -0.420. The van der Waals surface area contributed by atoms with Gasteiger partial charge in [-0.25, -0.2) is 0 Å². The molecule has 0 saturated carbocycles. The third-order valence-corrected chi connectivity index (χ3v) is 3.54. The lowest BCUT2D eigenvalue weighted by Crippen LogP contribution is -2.39. The van der Waals surface area contributed by atoms with Gasteiger partial charge in [-0.3, -0.25) is 4.79 Å². The highest BCUT2D eigenvalue weighted by molar-refractivity contribution is 7.18. The van der Waals surface area contributed by atoms with Crippen LogP contribution in [0.5, 0.6) is 0 Å². The molecule has 1 atom stereocenters. The van der Waals surface area contributed by atoms with Gasteiger partial charge in [-0.05, 0) is 12.1 Å². The summed E-state index contributed by atoms with van der Waals surface area (Å²) in [6.07, 6.45) is 0.441. The minimum absolute atomic E-state index is 0.00660. The number of thiophene rings is 1. The normalized spacial score (nSPS) is 21.5. The van der Waals surface area contributed by atoms with E-state index in [0.29, 0.717) is 22.2 Å². The average molecular weight is 246 g/mol. The van der Waals surface area contributed by atoms with Crippen molar-refractivity contribution in [3.05, 3.63) is 21.3 Å². The summed E-state index contributed by atoms with van der Waals surface area (Å²) in [6.45, 7) is 2.31. The maximum atomic E-state index is 11.8. The number of rotatable bonds is 3. The zero-order chi connectivity index (χ0) is 10.7. The number of morpholine rings is 1. The van der Waals surface area contributed by atoms with Gasteiger partial charge in [0, 0.05) is 19.5 Å². The Morgan fingerprint density at radius 3 is 3.13 bits per heavy atom. The molecule has 3 nitrogen and oxygen atoms in total. The second kappa shape index (κ2) is 5.07. The van der Waals surface area contributed by atoms with Crippen molar-refractivity contribution >= 4 is 28.7 Å². The van der Waals surface area contributed by atoms with Gasteiger partial charge in [-0.2, -0.15) is 0 Å². The van der Waals surface area contributed by atoms with Crippen LogP contribution in [0.3, 0.4) is 0 Å². The molecular formula is C10H12ClNO2S. The molecule has 15 heavy (non-hydrogen) atoms. The summed E-state index contributed by atoms with van der Waals surface area (Å²) in [5, 5.41) is 3.20. The summed E-state index contributed by atoms with van der Waals surface area (Å²) in [6, 6.07) is 3.52. The predicted molar refractivity (Wildman–Crippen MR) is 60.9 cm³/mol. The Morgan fingerprint density at radius 2 is 2.53 bits per heavy atom. The van der Waals surface area contributed by atoms with Gasteiger partial charge in [0.05, 0.1) is 21.9 Å². The minimum Gasteiger partial charge on any atom is -0.375 e. The molecule has 5 heteroatoms. The summed E-state index contributed by atoms with van der Waals surface area (Å²) < 4.78 is 6.12. The van der Waals surface area contributed by atoms with Crippen molar-refractivity contribution in [2.45, 2.75) is 12.5 Å². The van der Waals surface area contributed by atoms with Crippen LogP contribution in [-0.4, -0.2) is 31.6 Å². The van der Waals surface area contributed by atoms with Gasteiger partial charge in [-0.1, -0.05) is 11.6 Å². The van der Waals surface area contributed by atoms with Crippen LogP contribution in [0.2, 0.25) is 4.34 Å². The number of carbonyl (C=O) groups excluding carboxylic acids is 1. The lowest BCUT2D eigenvalue weighted by molar-refractivity contribution is 0.0241. The zero-order valence-electron chi connectivity index (χ0n) is 8.16. The molecule has 1 aromatic rings. The summed E-state index contributed by atoms with van der Waals surface area (Å²) in [5.74, 6) is 0.112. The minimum atomic E-state index is 0.00660. The third kappa shape index (κ3) is 3.01. The molecule has 1 aromatic heterocycles. The maximum Gasteiger partial charge on any atom is 0.175 e. The fourth-order valence-corrected chi connectivity index (χ4v) is 2.51. The summed E-state index contributed by atoms with van der Waals surface area (Å²) in [5.41, 5.74) is 0. The average Bonchev–Trinajstić information content (AvgIpc) is 2.66. The first-order valence-electron chi connectivity index (χ1n) is 4.86. The molecule has 1 saturated heterocycles. The van der Waals surface area contributed by atoms with Crippen LogP contribution in [0, 0.1) is 0 Å². The van der Waals surface area contributed by atoms with Gasteiger partial charge in [0.1, 0.15) is 0 Å². The largest absolute Gasteiger partial charge is 0.375 e. The number of ether oxygens (including phenoxy) is 1. The van der Waals surface area contributed by atoms with E-state index in [4.69, 9.17) is 16.3 Å². The molecule has 0 bridgehead atoms. The molecule has 1 aliphatic rings. The monoisotopic (exact) mass is 245 g/mol. The van der Waals surface area contributed by atoms with Crippen LogP contribution in [0.1, 0.15) is 16.1 Å². The SMILES string of the molecule is O=C(CC1CNCCO1)c1ccc(Cl)s1. The number of ketones is 1. The topological polar surface area (TPSA) is 38.3 Å². The van der Waals surface area contributed by atoms with Gasteiger partial charge in [-0.15, -0.1) is 11.3 Å². The Bertz CT molecular complexity index is 347. The first kappa shape index (κ1) is 11.1. The first-order valence-corrected chi connectivity index (χ1v) is 6.06. The summed E-state index contributed by atoms with van der Waals surface area (Å²) in [7, 11) is 0. The van der Waals surface area contributed by atoms with Crippen LogP contribution < -0.4 is 5.32 Å².